The van der Waals surface area contributed by atoms with Crippen molar-refractivity contribution >= 4 is 11.9 Å². The summed E-state index contributed by atoms with van der Waals surface area (Å²) in [6.45, 7) is 6.10. The van der Waals surface area contributed by atoms with Crippen LogP contribution in [-0.2, 0) is 9.59 Å². The quantitative estimate of drug-likeness (QED) is 0.821. The van der Waals surface area contributed by atoms with Crippen molar-refractivity contribution < 1.29 is 14.7 Å². The van der Waals surface area contributed by atoms with Crippen LogP contribution in [0.5, 0.6) is 0 Å². The molecule has 4 heteroatoms. The molecular formula is C14H25NO3. The third-order valence-electron chi connectivity index (χ3n) is 4.15. The molecule has 2 atom stereocenters. The Labute approximate surface area is 109 Å². The van der Waals surface area contributed by atoms with Gasteiger partial charge in [0.15, 0.2) is 0 Å². The standard InChI is InChI=1S/C14H25NO3/c1-4-9-15(11(3)16)14(13(17)18)8-6-7-12(5-2)10-14/h12H,4-10H2,1-3H3,(H,17,18). The first-order valence-electron chi connectivity index (χ1n) is 6.99. The lowest BCUT2D eigenvalue weighted by Crippen LogP contribution is -2.59. The summed E-state index contributed by atoms with van der Waals surface area (Å²) < 4.78 is 0. The molecule has 2 unspecified atom stereocenters. The van der Waals surface area contributed by atoms with E-state index >= 15 is 0 Å². The Morgan fingerprint density at radius 3 is 2.50 bits per heavy atom. The number of hydrogen-bond acceptors (Lipinski definition) is 2. The van der Waals surface area contributed by atoms with E-state index in [1.54, 1.807) is 4.90 Å². The molecule has 1 aliphatic rings. The molecule has 1 aliphatic carbocycles. The van der Waals surface area contributed by atoms with Crippen LogP contribution >= 0.6 is 0 Å². The summed E-state index contributed by atoms with van der Waals surface area (Å²) in [7, 11) is 0. The Morgan fingerprint density at radius 1 is 1.39 bits per heavy atom. The summed E-state index contributed by atoms with van der Waals surface area (Å²) in [5.74, 6) is -0.520. The minimum Gasteiger partial charge on any atom is -0.479 e. The molecule has 0 bridgehead atoms. The van der Waals surface area contributed by atoms with E-state index in [1.165, 1.54) is 6.92 Å². The maximum Gasteiger partial charge on any atom is 0.329 e. The number of aliphatic carboxylic acids is 1. The first kappa shape index (κ1) is 15.0. The third kappa shape index (κ3) is 2.85. The second kappa shape index (κ2) is 6.21. The van der Waals surface area contributed by atoms with E-state index in [1.807, 2.05) is 6.92 Å². The maximum atomic E-state index is 11.8. The van der Waals surface area contributed by atoms with Gasteiger partial charge in [0, 0.05) is 13.5 Å². The van der Waals surface area contributed by atoms with Gasteiger partial charge in [-0.25, -0.2) is 4.79 Å². The van der Waals surface area contributed by atoms with Crippen LogP contribution < -0.4 is 0 Å². The van der Waals surface area contributed by atoms with Gasteiger partial charge in [0.1, 0.15) is 5.54 Å². The molecule has 0 aromatic rings. The van der Waals surface area contributed by atoms with Gasteiger partial charge in [0.25, 0.3) is 0 Å². The van der Waals surface area contributed by atoms with Crippen LogP contribution in [0.4, 0.5) is 0 Å². The van der Waals surface area contributed by atoms with Crippen molar-refractivity contribution in [3.8, 4) is 0 Å². The minimum absolute atomic E-state index is 0.115. The highest BCUT2D eigenvalue weighted by Crippen LogP contribution is 2.38. The third-order valence-corrected chi connectivity index (χ3v) is 4.15. The molecule has 0 spiro atoms. The molecule has 0 aromatic carbocycles. The topological polar surface area (TPSA) is 57.6 Å². The molecule has 0 aromatic heterocycles. The molecule has 0 heterocycles. The number of nitrogens with zero attached hydrogens (tertiary/aromatic N) is 1. The second-order valence-corrected chi connectivity index (χ2v) is 5.38. The Morgan fingerprint density at radius 2 is 2.06 bits per heavy atom. The molecule has 1 saturated carbocycles. The van der Waals surface area contributed by atoms with Crippen LogP contribution in [0.15, 0.2) is 0 Å². The first-order valence-corrected chi connectivity index (χ1v) is 6.99. The van der Waals surface area contributed by atoms with Crippen LogP contribution in [0.1, 0.15) is 59.3 Å². The first-order chi connectivity index (χ1) is 8.47. The number of carboxylic acids is 1. The zero-order valence-electron chi connectivity index (χ0n) is 11.7. The lowest BCUT2D eigenvalue weighted by molar-refractivity contribution is -0.162. The maximum absolute atomic E-state index is 11.8. The Bertz CT molecular complexity index is 316. The zero-order chi connectivity index (χ0) is 13.8. The summed E-state index contributed by atoms with van der Waals surface area (Å²) >= 11 is 0. The molecule has 1 amide bonds. The van der Waals surface area contributed by atoms with Gasteiger partial charge in [-0.3, -0.25) is 4.79 Å². The highest BCUT2D eigenvalue weighted by Gasteiger charge is 2.48. The van der Waals surface area contributed by atoms with E-state index in [-0.39, 0.29) is 5.91 Å². The van der Waals surface area contributed by atoms with Gasteiger partial charge in [-0.15, -0.1) is 0 Å². The van der Waals surface area contributed by atoms with Gasteiger partial charge in [-0.1, -0.05) is 33.1 Å². The van der Waals surface area contributed by atoms with E-state index in [2.05, 4.69) is 6.92 Å². The van der Waals surface area contributed by atoms with E-state index in [0.717, 1.165) is 25.7 Å². The lowest BCUT2D eigenvalue weighted by Gasteiger charge is -2.45. The molecular weight excluding hydrogens is 230 g/mol. The van der Waals surface area contributed by atoms with Crippen molar-refractivity contribution in [1.29, 1.82) is 0 Å². The monoisotopic (exact) mass is 255 g/mol. The largest absolute Gasteiger partial charge is 0.479 e. The van der Waals surface area contributed by atoms with Crippen molar-refractivity contribution in [2.75, 3.05) is 6.54 Å². The van der Waals surface area contributed by atoms with Crippen LogP contribution in [0.2, 0.25) is 0 Å². The fourth-order valence-electron chi connectivity index (χ4n) is 3.16. The minimum atomic E-state index is -0.958. The van der Waals surface area contributed by atoms with Gasteiger partial charge < -0.3 is 10.0 Å². The number of hydrogen-bond donors (Lipinski definition) is 1. The molecule has 1 fully saturated rings. The molecule has 0 radical (unpaired) electrons. The predicted octanol–water partition coefficient (Wildman–Crippen LogP) is 2.67. The van der Waals surface area contributed by atoms with Crippen LogP contribution in [0.3, 0.4) is 0 Å². The fourth-order valence-corrected chi connectivity index (χ4v) is 3.16. The van der Waals surface area contributed by atoms with Gasteiger partial charge in [0.2, 0.25) is 5.91 Å². The molecule has 4 nitrogen and oxygen atoms in total. The normalized spacial score (nSPS) is 27.8. The van der Waals surface area contributed by atoms with E-state index in [9.17, 15) is 14.7 Å². The Balaban J connectivity index is 3.04. The lowest BCUT2D eigenvalue weighted by atomic mass is 9.73. The van der Waals surface area contributed by atoms with Gasteiger partial charge in [0.05, 0.1) is 0 Å². The number of carbonyl (C=O) groups is 2. The second-order valence-electron chi connectivity index (χ2n) is 5.38. The summed E-state index contributed by atoms with van der Waals surface area (Å²) in [5, 5.41) is 9.65. The number of carbonyl (C=O) groups excluding carboxylic acids is 1. The van der Waals surface area contributed by atoms with Crippen molar-refractivity contribution in [3.05, 3.63) is 0 Å². The van der Waals surface area contributed by atoms with Crippen LogP contribution in [0.25, 0.3) is 0 Å². The van der Waals surface area contributed by atoms with E-state index in [4.69, 9.17) is 0 Å². The Hall–Kier alpha value is -1.06. The van der Waals surface area contributed by atoms with Gasteiger partial charge in [-0.2, -0.15) is 0 Å². The van der Waals surface area contributed by atoms with Gasteiger partial charge in [-0.05, 0) is 25.2 Å². The molecule has 1 rings (SSSR count). The molecule has 0 saturated heterocycles. The highest BCUT2D eigenvalue weighted by atomic mass is 16.4. The van der Waals surface area contributed by atoms with Crippen molar-refractivity contribution in [2.45, 2.75) is 64.8 Å². The van der Waals surface area contributed by atoms with Crippen molar-refractivity contribution in [3.63, 3.8) is 0 Å². The highest BCUT2D eigenvalue weighted by molar-refractivity contribution is 5.86. The Kier molecular flexibility index (Phi) is 5.17. The SMILES string of the molecule is CCCN(C(C)=O)C1(C(=O)O)CCCC(CC)C1. The zero-order valence-corrected chi connectivity index (χ0v) is 11.7. The fraction of sp³-hybridized carbons (Fsp3) is 0.857. The predicted molar refractivity (Wildman–Crippen MR) is 70.3 cm³/mol. The van der Waals surface area contributed by atoms with Gasteiger partial charge >= 0.3 is 5.97 Å². The van der Waals surface area contributed by atoms with E-state index in [0.29, 0.717) is 25.3 Å². The summed E-state index contributed by atoms with van der Waals surface area (Å²) in [6.07, 6.45) is 4.98. The average molecular weight is 255 g/mol. The number of carboxylic acid groups (broad SMARTS) is 1. The summed E-state index contributed by atoms with van der Waals surface area (Å²) in [4.78, 5) is 25.2. The number of amides is 1. The molecule has 18 heavy (non-hydrogen) atoms. The smallest absolute Gasteiger partial charge is 0.329 e. The molecule has 0 aliphatic heterocycles. The summed E-state index contributed by atoms with van der Waals surface area (Å²) in [5.41, 5.74) is -0.958. The van der Waals surface area contributed by atoms with Crippen molar-refractivity contribution in [2.24, 2.45) is 5.92 Å². The van der Waals surface area contributed by atoms with E-state index < -0.39 is 11.5 Å². The van der Waals surface area contributed by atoms with Crippen molar-refractivity contribution in [1.82, 2.24) is 4.90 Å². The summed E-state index contributed by atoms with van der Waals surface area (Å²) in [6, 6.07) is 0. The van der Waals surface area contributed by atoms with Crippen LogP contribution in [0, 0.1) is 5.92 Å². The average Bonchev–Trinajstić information content (AvgIpc) is 2.35. The number of rotatable bonds is 5. The molecule has 104 valence electrons. The molecule has 1 N–H and O–H groups in total. The van der Waals surface area contributed by atoms with Crippen LogP contribution in [-0.4, -0.2) is 34.0 Å².